The van der Waals surface area contributed by atoms with Gasteiger partial charge in [0.1, 0.15) is 11.6 Å². The highest BCUT2D eigenvalue weighted by Gasteiger charge is 2.51. The van der Waals surface area contributed by atoms with E-state index in [4.69, 9.17) is 4.98 Å². The molecule has 0 amide bonds. The van der Waals surface area contributed by atoms with Crippen LogP contribution >= 0.6 is 0 Å². The topological polar surface area (TPSA) is 34.9 Å². The molecular weight excluding hydrogens is 332 g/mol. The Morgan fingerprint density at radius 2 is 1.70 bits per heavy atom. The van der Waals surface area contributed by atoms with Gasteiger partial charge < -0.3 is 4.57 Å². The average Bonchev–Trinajstić information content (AvgIpc) is 3.05. The molecule has 3 aromatic rings. The van der Waals surface area contributed by atoms with E-state index in [1.807, 2.05) is 0 Å². The lowest BCUT2D eigenvalue weighted by molar-refractivity contribution is -0.123. The highest BCUT2D eigenvalue weighted by molar-refractivity contribution is 5.80. The van der Waals surface area contributed by atoms with E-state index in [9.17, 15) is 4.79 Å². The van der Waals surface area contributed by atoms with Gasteiger partial charge >= 0.3 is 0 Å². The van der Waals surface area contributed by atoms with Gasteiger partial charge in [0.25, 0.3) is 0 Å². The van der Waals surface area contributed by atoms with Gasteiger partial charge in [0.05, 0.1) is 5.69 Å². The van der Waals surface area contributed by atoms with Gasteiger partial charge in [-0.3, -0.25) is 4.79 Å². The molecule has 2 unspecified atom stereocenters. The van der Waals surface area contributed by atoms with Gasteiger partial charge in [-0.1, -0.05) is 48.5 Å². The number of imidazole rings is 1. The van der Waals surface area contributed by atoms with Crippen LogP contribution in [0, 0.1) is 12.8 Å². The van der Waals surface area contributed by atoms with Crippen molar-refractivity contribution in [3.05, 3.63) is 83.4 Å². The lowest BCUT2D eigenvalue weighted by atomic mass is 9.56. The summed E-state index contributed by atoms with van der Waals surface area (Å²) in [5.74, 6) is 1.81. The van der Waals surface area contributed by atoms with Gasteiger partial charge in [-0.15, -0.1) is 0 Å². The molecule has 0 saturated heterocycles. The highest BCUT2D eigenvalue weighted by Crippen LogP contribution is 2.53. The molecular formula is C24H24N2O. The molecule has 5 rings (SSSR count). The van der Waals surface area contributed by atoms with Crippen LogP contribution in [-0.2, 0) is 16.6 Å². The van der Waals surface area contributed by atoms with Crippen molar-refractivity contribution in [2.24, 2.45) is 5.92 Å². The minimum atomic E-state index is -0.131. The summed E-state index contributed by atoms with van der Waals surface area (Å²) in [7, 11) is 0. The fraction of sp³-hybridized carbons (Fsp3) is 0.333. The first-order chi connectivity index (χ1) is 13.2. The molecule has 0 radical (unpaired) electrons. The van der Waals surface area contributed by atoms with Crippen LogP contribution < -0.4 is 0 Å². The van der Waals surface area contributed by atoms with Crippen LogP contribution in [0.1, 0.15) is 48.5 Å². The first kappa shape index (κ1) is 16.5. The van der Waals surface area contributed by atoms with Gasteiger partial charge in [0.15, 0.2) is 0 Å². The van der Waals surface area contributed by atoms with Crippen molar-refractivity contribution in [1.29, 1.82) is 0 Å². The molecule has 2 aliphatic rings. The molecule has 1 fully saturated rings. The van der Waals surface area contributed by atoms with Gasteiger partial charge in [-0.2, -0.15) is 0 Å². The van der Waals surface area contributed by atoms with Crippen molar-refractivity contribution in [2.45, 2.75) is 44.4 Å². The molecule has 0 N–H and O–H groups in total. The Morgan fingerprint density at radius 1 is 1.00 bits per heavy atom. The van der Waals surface area contributed by atoms with E-state index < -0.39 is 0 Å². The van der Waals surface area contributed by atoms with Gasteiger partial charge in [0, 0.05) is 29.6 Å². The summed E-state index contributed by atoms with van der Waals surface area (Å²) < 4.78 is 2.33. The van der Waals surface area contributed by atoms with E-state index in [0.29, 0.717) is 24.5 Å². The van der Waals surface area contributed by atoms with E-state index >= 15 is 0 Å². The number of Topliss-reactive ketones (excluding diaryl/α,β-unsaturated/α-hetero) is 1. The first-order valence-electron chi connectivity index (χ1n) is 9.91. The molecule has 2 aliphatic carbocycles. The maximum atomic E-state index is 12.3. The second-order valence-electron chi connectivity index (χ2n) is 7.94. The standard InChI is InChI=1S/C24H24N2O/c1-17-25-23-22(26(17)20-10-6-3-7-11-20)13-12-19-16-21(27)14-15-24(19,23)18-8-4-2-5-9-18/h2-11,19H,12-16H2,1H3. The maximum Gasteiger partial charge on any atom is 0.133 e. The molecule has 1 saturated carbocycles. The molecule has 0 bridgehead atoms. The molecule has 136 valence electrons. The molecule has 1 heterocycles. The lowest BCUT2D eigenvalue weighted by Crippen LogP contribution is -2.45. The number of fused-ring (bicyclic) bond motifs is 3. The summed E-state index contributed by atoms with van der Waals surface area (Å²) in [6.07, 6.45) is 4.25. The molecule has 2 aromatic carbocycles. The minimum Gasteiger partial charge on any atom is -0.301 e. The van der Waals surface area contributed by atoms with Crippen molar-refractivity contribution >= 4 is 5.78 Å². The largest absolute Gasteiger partial charge is 0.301 e. The zero-order chi connectivity index (χ0) is 18.4. The molecule has 3 heteroatoms. The summed E-state index contributed by atoms with van der Waals surface area (Å²) in [6.45, 7) is 2.10. The Kier molecular flexibility index (Phi) is 3.78. The van der Waals surface area contributed by atoms with Crippen LogP contribution in [0.3, 0.4) is 0 Å². The molecule has 3 nitrogen and oxygen atoms in total. The highest BCUT2D eigenvalue weighted by atomic mass is 16.1. The number of hydrogen-bond acceptors (Lipinski definition) is 2. The number of carbonyl (C=O) groups is 1. The zero-order valence-electron chi connectivity index (χ0n) is 15.7. The fourth-order valence-corrected chi connectivity index (χ4v) is 5.40. The van der Waals surface area contributed by atoms with Crippen molar-refractivity contribution in [2.75, 3.05) is 0 Å². The third-order valence-corrected chi connectivity index (χ3v) is 6.57. The van der Waals surface area contributed by atoms with E-state index in [1.165, 1.54) is 22.6 Å². The van der Waals surface area contributed by atoms with E-state index in [1.54, 1.807) is 0 Å². The zero-order valence-corrected chi connectivity index (χ0v) is 15.7. The van der Waals surface area contributed by atoms with Crippen LogP contribution in [-0.4, -0.2) is 15.3 Å². The number of nitrogens with zero attached hydrogens (tertiary/aromatic N) is 2. The van der Waals surface area contributed by atoms with Crippen LogP contribution in [0.15, 0.2) is 60.7 Å². The predicted molar refractivity (Wildman–Crippen MR) is 106 cm³/mol. The molecule has 27 heavy (non-hydrogen) atoms. The summed E-state index contributed by atoms with van der Waals surface area (Å²) in [6, 6.07) is 21.3. The number of aryl methyl sites for hydroxylation is 1. The number of benzene rings is 2. The number of carbonyl (C=O) groups excluding carboxylic acids is 1. The second-order valence-corrected chi connectivity index (χ2v) is 7.94. The third-order valence-electron chi connectivity index (χ3n) is 6.57. The monoisotopic (exact) mass is 356 g/mol. The number of hydrogen-bond donors (Lipinski definition) is 0. The third kappa shape index (κ3) is 2.41. The maximum absolute atomic E-state index is 12.3. The smallest absolute Gasteiger partial charge is 0.133 e. The van der Waals surface area contributed by atoms with E-state index in [-0.39, 0.29) is 5.41 Å². The summed E-state index contributed by atoms with van der Waals surface area (Å²) >= 11 is 0. The van der Waals surface area contributed by atoms with E-state index in [2.05, 4.69) is 72.2 Å². The van der Waals surface area contributed by atoms with Crippen LogP contribution in [0.5, 0.6) is 0 Å². The Bertz CT molecular complexity index is 990. The van der Waals surface area contributed by atoms with Crippen LogP contribution in [0.2, 0.25) is 0 Å². The first-order valence-corrected chi connectivity index (χ1v) is 9.91. The van der Waals surface area contributed by atoms with Crippen molar-refractivity contribution in [1.82, 2.24) is 9.55 Å². The van der Waals surface area contributed by atoms with Gasteiger partial charge in [0.2, 0.25) is 0 Å². The molecule has 0 aliphatic heterocycles. The Hall–Kier alpha value is -2.68. The van der Waals surface area contributed by atoms with Crippen LogP contribution in [0.25, 0.3) is 5.69 Å². The summed E-state index contributed by atoms with van der Waals surface area (Å²) in [5.41, 5.74) is 4.90. The molecule has 2 atom stereocenters. The lowest BCUT2D eigenvalue weighted by Gasteiger charge is -2.46. The van der Waals surface area contributed by atoms with Gasteiger partial charge in [-0.05, 0) is 49.8 Å². The van der Waals surface area contributed by atoms with Gasteiger partial charge in [-0.25, -0.2) is 4.98 Å². The number of aromatic nitrogens is 2. The predicted octanol–water partition coefficient (Wildman–Crippen LogP) is 4.78. The Morgan fingerprint density at radius 3 is 2.44 bits per heavy atom. The number of rotatable bonds is 2. The van der Waals surface area contributed by atoms with Crippen LogP contribution in [0.4, 0.5) is 0 Å². The van der Waals surface area contributed by atoms with Crippen molar-refractivity contribution < 1.29 is 4.79 Å². The quantitative estimate of drug-likeness (QED) is 0.662. The second kappa shape index (κ2) is 6.19. The minimum absolute atomic E-state index is 0.131. The molecule has 0 spiro atoms. The molecule has 1 aromatic heterocycles. The number of para-hydroxylation sites is 1. The van der Waals surface area contributed by atoms with E-state index in [0.717, 1.165) is 25.1 Å². The van der Waals surface area contributed by atoms with Crippen molar-refractivity contribution in [3.8, 4) is 5.69 Å². The number of ketones is 1. The summed E-state index contributed by atoms with van der Waals surface area (Å²) in [5, 5.41) is 0. The Labute approximate surface area is 160 Å². The normalized spacial score (nSPS) is 24.3. The average molecular weight is 356 g/mol. The summed E-state index contributed by atoms with van der Waals surface area (Å²) in [4.78, 5) is 17.4. The Balaban J connectivity index is 1.75. The van der Waals surface area contributed by atoms with Crippen molar-refractivity contribution in [3.63, 3.8) is 0 Å². The SMILES string of the molecule is Cc1nc2c(n1-c1ccccc1)CCC1CC(=O)CCC21c1ccccc1. The fourth-order valence-electron chi connectivity index (χ4n) is 5.40.